The van der Waals surface area contributed by atoms with Gasteiger partial charge in [-0.15, -0.1) is 0 Å². The summed E-state index contributed by atoms with van der Waals surface area (Å²) in [5.41, 5.74) is 3.20. The third kappa shape index (κ3) is 6.23. The first-order valence-corrected chi connectivity index (χ1v) is 11.7. The Hall–Kier alpha value is -3.64. The molecule has 1 N–H and O–H groups in total. The quantitative estimate of drug-likeness (QED) is 0.508. The highest BCUT2D eigenvalue weighted by Crippen LogP contribution is 2.20. The zero-order valence-corrected chi connectivity index (χ0v) is 19.7. The number of carbonyl (C=O) groups is 2. The molecule has 3 aromatic carbocycles. The van der Waals surface area contributed by atoms with Crippen LogP contribution in [0, 0.1) is 5.92 Å². The van der Waals surface area contributed by atoms with Crippen molar-refractivity contribution in [1.82, 2.24) is 4.90 Å². The van der Waals surface area contributed by atoms with Gasteiger partial charge in [0.25, 0.3) is 5.91 Å². The van der Waals surface area contributed by atoms with Crippen LogP contribution in [0.2, 0.25) is 0 Å². The van der Waals surface area contributed by atoms with Crippen molar-refractivity contribution in [2.75, 3.05) is 30.4 Å². The summed E-state index contributed by atoms with van der Waals surface area (Å²) in [4.78, 5) is 28.9. The second-order valence-electron chi connectivity index (χ2n) is 8.92. The van der Waals surface area contributed by atoms with E-state index in [0.717, 1.165) is 31.2 Å². The average molecular weight is 458 g/mol. The molecular weight excluding hydrogens is 426 g/mol. The zero-order valence-electron chi connectivity index (χ0n) is 19.7. The Labute approximate surface area is 201 Å². The predicted octanol–water partition coefficient (Wildman–Crippen LogP) is 5.81. The normalized spacial score (nSPS) is 16.0. The molecule has 6 nitrogen and oxygen atoms in total. The number of hydrogen-bond donors (Lipinski definition) is 1. The van der Waals surface area contributed by atoms with Gasteiger partial charge in [-0.05, 0) is 79.4 Å². The van der Waals surface area contributed by atoms with Gasteiger partial charge in [0.15, 0.2) is 0 Å². The number of para-hydroxylation sites is 1. The smallest absolute Gasteiger partial charge is 0.410 e. The summed E-state index contributed by atoms with van der Waals surface area (Å²) in [5, 5.41) is 2.89. The maximum Gasteiger partial charge on any atom is 0.419 e. The lowest BCUT2D eigenvalue weighted by Gasteiger charge is -2.30. The van der Waals surface area contributed by atoms with E-state index in [0.29, 0.717) is 17.0 Å². The van der Waals surface area contributed by atoms with Crippen LogP contribution in [-0.2, 0) is 6.54 Å². The highest BCUT2D eigenvalue weighted by molar-refractivity contribution is 6.04. The lowest BCUT2D eigenvalue weighted by molar-refractivity contribution is 0.102. The monoisotopic (exact) mass is 457 g/mol. The minimum absolute atomic E-state index is 0.174. The highest BCUT2D eigenvalue weighted by Gasteiger charge is 2.17. The molecule has 0 aliphatic carbocycles. The van der Waals surface area contributed by atoms with Gasteiger partial charge >= 0.3 is 6.09 Å². The van der Waals surface area contributed by atoms with Crippen molar-refractivity contribution in [1.29, 1.82) is 0 Å². The Morgan fingerprint density at radius 3 is 2.38 bits per heavy atom. The van der Waals surface area contributed by atoms with Crippen molar-refractivity contribution >= 4 is 23.4 Å². The number of anilines is 2. The van der Waals surface area contributed by atoms with Crippen molar-refractivity contribution in [2.24, 2.45) is 5.92 Å². The summed E-state index contributed by atoms with van der Waals surface area (Å²) in [6.45, 7) is 5.50. The molecule has 1 heterocycles. The van der Waals surface area contributed by atoms with E-state index in [1.807, 2.05) is 54.6 Å². The first-order valence-electron chi connectivity index (χ1n) is 11.7. The number of rotatable bonds is 6. The Morgan fingerprint density at radius 2 is 1.71 bits per heavy atom. The summed E-state index contributed by atoms with van der Waals surface area (Å²) in [6, 6.07) is 23.8. The van der Waals surface area contributed by atoms with Crippen molar-refractivity contribution in [3.05, 3.63) is 90.0 Å². The Balaban J connectivity index is 1.29. The van der Waals surface area contributed by atoms with Crippen LogP contribution >= 0.6 is 0 Å². The van der Waals surface area contributed by atoms with Crippen molar-refractivity contribution in [3.8, 4) is 5.75 Å². The molecule has 1 aliphatic heterocycles. The SMILES string of the molecule is CC1CCCN(Cc2ccc(C(=O)Nc3ccc(OC(=O)N(C)c4ccccc4)cc3)cc2)C1. The van der Waals surface area contributed by atoms with Crippen LogP contribution in [0.15, 0.2) is 78.9 Å². The Bertz CT molecular complexity index is 1100. The second kappa shape index (κ2) is 11.0. The molecule has 0 bridgehead atoms. The van der Waals surface area contributed by atoms with Gasteiger partial charge in [-0.2, -0.15) is 0 Å². The molecule has 0 spiro atoms. The number of nitrogens with one attached hydrogen (secondary N) is 1. The molecule has 1 aliphatic rings. The number of ether oxygens (including phenoxy) is 1. The van der Waals surface area contributed by atoms with E-state index >= 15 is 0 Å². The molecule has 1 atom stereocenters. The van der Waals surface area contributed by atoms with Crippen molar-refractivity contribution in [2.45, 2.75) is 26.3 Å². The predicted molar refractivity (Wildman–Crippen MR) is 135 cm³/mol. The molecule has 0 aromatic heterocycles. The van der Waals surface area contributed by atoms with Crippen molar-refractivity contribution in [3.63, 3.8) is 0 Å². The third-order valence-corrected chi connectivity index (χ3v) is 6.10. The molecule has 4 rings (SSSR count). The minimum Gasteiger partial charge on any atom is -0.410 e. The summed E-state index contributed by atoms with van der Waals surface area (Å²) in [6.07, 6.45) is 2.08. The van der Waals surface area contributed by atoms with Gasteiger partial charge in [-0.25, -0.2) is 4.79 Å². The van der Waals surface area contributed by atoms with Crippen LogP contribution in [0.1, 0.15) is 35.7 Å². The van der Waals surface area contributed by atoms with Gasteiger partial charge < -0.3 is 10.1 Å². The first kappa shape index (κ1) is 23.5. The molecule has 1 saturated heterocycles. The standard InChI is InChI=1S/C28H31N3O3/c1-21-7-6-18-31(19-21)20-22-10-12-23(13-11-22)27(32)29-24-14-16-26(17-15-24)34-28(33)30(2)25-8-4-3-5-9-25/h3-5,8-17,21H,6-7,18-20H2,1-2H3,(H,29,32). The van der Waals surface area contributed by atoms with E-state index in [1.165, 1.54) is 23.3 Å². The molecular formula is C28H31N3O3. The van der Waals surface area contributed by atoms with E-state index < -0.39 is 6.09 Å². The van der Waals surface area contributed by atoms with Crippen LogP contribution < -0.4 is 15.0 Å². The molecule has 0 radical (unpaired) electrons. The van der Waals surface area contributed by atoms with Gasteiger partial charge in [0.2, 0.25) is 0 Å². The van der Waals surface area contributed by atoms with Crippen LogP contribution in [0.25, 0.3) is 0 Å². The topological polar surface area (TPSA) is 61.9 Å². The summed E-state index contributed by atoms with van der Waals surface area (Å²) < 4.78 is 5.43. The number of piperidine rings is 1. The van der Waals surface area contributed by atoms with Crippen molar-refractivity contribution < 1.29 is 14.3 Å². The van der Waals surface area contributed by atoms with Crippen LogP contribution in [-0.4, -0.2) is 37.0 Å². The molecule has 1 unspecified atom stereocenters. The lowest BCUT2D eigenvalue weighted by atomic mass is 9.99. The number of hydrogen-bond acceptors (Lipinski definition) is 4. The summed E-state index contributed by atoms with van der Waals surface area (Å²) in [7, 11) is 1.66. The lowest BCUT2D eigenvalue weighted by Crippen LogP contribution is -2.33. The molecule has 34 heavy (non-hydrogen) atoms. The average Bonchev–Trinajstić information content (AvgIpc) is 2.85. The second-order valence-corrected chi connectivity index (χ2v) is 8.92. The Morgan fingerprint density at radius 1 is 1.00 bits per heavy atom. The molecule has 2 amide bonds. The fraction of sp³-hybridized carbons (Fsp3) is 0.286. The van der Waals surface area contributed by atoms with E-state index in [-0.39, 0.29) is 5.91 Å². The van der Waals surface area contributed by atoms with Crippen LogP contribution in [0.5, 0.6) is 5.75 Å². The first-order chi connectivity index (χ1) is 16.5. The van der Waals surface area contributed by atoms with E-state index in [2.05, 4.69) is 17.1 Å². The minimum atomic E-state index is -0.484. The number of benzene rings is 3. The van der Waals surface area contributed by atoms with Gasteiger partial charge in [0, 0.05) is 37.1 Å². The third-order valence-electron chi connectivity index (χ3n) is 6.10. The van der Waals surface area contributed by atoms with E-state index in [4.69, 9.17) is 4.74 Å². The largest absolute Gasteiger partial charge is 0.419 e. The van der Waals surface area contributed by atoms with Gasteiger partial charge in [0.05, 0.1) is 0 Å². The molecule has 3 aromatic rings. The molecule has 176 valence electrons. The van der Waals surface area contributed by atoms with Crippen LogP contribution in [0.3, 0.4) is 0 Å². The van der Waals surface area contributed by atoms with Crippen LogP contribution in [0.4, 0.5) is 16.2 Å². The number of nitrogens with zero attached hydrogens (tertiary/aromatic N) is 2. The summed E-state index contributed by atoms with van der Waals surface area (Å²) >= 11 is 0. The summed E-state index contributed by atoms with van der Waals surface area (Å²) in [5.74, 6) is 0.979. The maximum absolute atomic E-state index is 12.7. The molecule has 6 heteroatoms. The number of carbonyl (C=O) groups excluding carboxylic acids is 2. The highest BCUT2D eigenvalue weighted by atomic mass is 16.6. The number of amides is 2. The zero-order chi connectivity index (χ0) is 23.9. The number of likely N-dealkylation sites (tertiary alicyclic amines) is 1. The van der Waals surface area contributed by atoms with Gasteiger partial charge in [0.1, 0.15) is 5.75 Å². The Kier molecular flexibility index (Phi) is 7.60. The van der Waals surface area contributed by atoms with Gasteiger partial charge in [-0.3, -0.25) is 14.6 Å². The fourth-order valence-corrected chi connectivity index (χ4v) is 4.19. The van der Waals surface area contributed by atoms with Gasteiger partial charge in [-0.1, -0.05) is 37.3 Å². The molecule has 1 fully saturated rings. The maximum atomic E-state index is 12.7. The fourth-order valence-electron chi connectivity index (χ4n) is 4.19. The molecule has 0 saturated carbocycles. The van der Waals surface area contributed by atoms with E-state index in [1.54, 1.807) is 31.3 Å². The van der Waals surface area contributed by atoms with E-state index in [9.17, 15) is 9.59 Å².